The van der Waals surface area contributed by atoms with Gasteiger partial charge in [0, 0.05) is 31.5 Å². The summed E-state index contributed by atoms with van der Waals surface area (Å²) in [6.45, 7) is 1.45. The third-order valence-electron chi connectivity index (χ3n) is 6.30. The molecule has 0 bridgehead atoms. The van der Waals surface area contributed by atoms with E-state index in [1.807, 2.05) is 22.6 Å². The van der Waals surface area contributed by atoms with Gasteiger partial charge in [-0.15, -0.1) is 0 Å². The molecule has 12 heteroatoms. The van der Waals surface area contributed by atoms with Crippen LogP contribution in [0.1, 0.15) is 30.9 Å². The number of halogens is 3. The molecule has 4 N–H and O–H groups in total. The smallest absolute Gasteiger partial charge is 0.247 e. The number of nitrogens with zero attached hydrogens (tertiary/aromatic N) is 1. The van der Waals surface area contributed by atoms with Crippen LogP contribution in [-0.2, 0) is 22.7 Å². The first-order valence-corrected chi connectivity index (χ1v) is 14.1. The number of nitrogens with one attached hydrogen (secondary N) is 1. The Kier molecular flexibility index (Phi) is 11.7. The molecule has 212 valence electrons. The quantitative estimate of drug-likeness (QED) is 0.266. The van der Waals surface area contributed by atoms with Crippen LogP contribution in [0.4, 0.5) is 0 Å². The first kappa shape index (κ1) is 31.4. The molecule has 0 fully saturated rings. The van der Waals surface area contributed by atoms with Gasteiger partial charge in [-0.2, -0.15) is 0 Å². The van der Waals surface area contributed by atoms with Gasteiger partial charge in [0.25, 0.3) is 0 Å². The van der Waals surface area contributed by atoms with Crippen molar-refractivity contribution in [1.82, 2.24) is 10.2 Å². The molecule has 1 aliphatic rings. The van der Waals surface area contributed by atoms with Crippen LogP contribution in [0.15, 0.2) is 42.0 Å². The van der Waals surface area contributed by atoms with Gasteiger partial charge in [-0.25, -0.2) is 0 Å². The Morgan fingerprint density at radius 1 is 1.15 bits per heavy atom. The minimum Gasteiger partial charge on any atom is -0.493 e. The molecule has 2 aromatic rings. The Bertz CT molecular complexity index is 1230. The molecule has 3 atom stereocenters. The first-order valence-electron chi connectivity index (χ1n) is 12.3. The number of ether oxygens (including phenoxy) is 2. The van der Waals surface area contributed by atoms with Crippen molar-refractivity contribution in [2.45, 2.75) is 51.2 Å². The van der Waals surface area contributed by atoms with Crippen molar-refractivity contribution in [1.29, 1.82) is 0 Å². The largest absolute Gasteiger partial charge is 0.493 e. The number of rotatable bonds is 11. The molecule has 0 aromatic heterocycles. The summed E-state index contributed by atoms with van der Waals surface area (Å²) in [7, 11) is 1.46. The molecule has 9 nitrogen and oxygen atoms in total. The van der Waals surface area contributed by atoms with Gasteiger partial charge in [-0.1, -0.05) is 36.2 Å². The Morgan fingerprint density at radius 3 is 2.51 bits per heavy atom. The zero-order valence-corrected chi connectivity index (χ0v) is 25.2. The van der Waals surface area contributed by atoms with E-state index in [4.69, 9.17) is 32.7 Å². The minimum atomic E-state index is -1.21. The van der Waals surface area contributed by atoms with Crippen molar-refractivity contribution in [2.75, 3.05) is 20.3 Å². The summed E-state index contributed by atoms with van der Waals surface area (Å²) >= 11 is 14.3. The van der Waals surface area contributed by atoms with Crippen molar-refractivity contribution < 1.29 is 34.4 Å². The number of amides is 2. The van der Waals surface area contributed by atoms with Crippen molar-refractivity contribution in [2.24, 2.45) is 0 Å². The summed E-state index contributed by atoms with van der Waals surface area (Å²) in [4.78, 5) is 27.7. The predicted molar refractivity (Wildman–Crippen MR) is 156 cm³/mol. The summed E-state index contributed by atoms with van der Waals surface area (Å²) in [5.74, 6) is -0.00732. The fourth-order valence-corrected chi connectivity index (χ4v) is 5.44. The number of methoxy groups -OCH3 is 1. The van der Waals surface area contributed by atoms with E-state index in [9.17, 15) is 24.9 Å². The van der Waals surface area contributed by atoms with Gasteiger partial charge in [0.2, 0.25) is 11.8 Å². The molecule has 0 spiro atoms. The van der Waals surface area contributed by atoms with Crippen LogP contribution in [0.5, 0.6) is 11.5 Å². The van der Waals surface area contributed by atoms with Gasteiger partial charge in [0.15, 0.2) is 11.5 Å². The van der Waals surface area contributed by atoms with Crippen molar-refractivity contribution in [3.63, 3.8) is 0 Å². The van der Waals surface area contributed by atoms with Crippen molar-refractivity contribution in [3.8, 4) is 11.5 Å². The third-order valence-corrected chi connectivity index (χ3v) is 7.84. The Hall–Kier alpha value is -2.09. The maximum Gasteiger partial charge on any atom is 0.247 e. The van der Waals surface area contributed by atoms with Gasteiger partial charge in [-0.3, -0.25) is 9.59 Å². The Labute approximate surface area is 250 Å². The number of carbonyl (C=O) groups is 2. The van der Waals surface area contributed by atoms with Crippen molar-refractivity contribution >= 4 is 57.6 Å². The maximum atomic E-state index is 13.2. The summed E-state index contributed by atoms with van der Waals surface area (Å²) in [6, 6.07) is 7.56. The average molecular weight is 693 g/mol. The lowest BCUT2D eigenvalue weighted by Gasteiger charge is -2.40. The number of hydrogen-bond acceptors (Lipinski definition) is 7. The van der Waals surface area contributed by atoms with E-state index in [0.29, 0.717) is 41.8 Å². The van der Waals surface area contributed by atoms with E-state index in [2.05, 4.69) is 5.32 Å². The average Bonchev–Trinajstić information content (AvgIpc) is 2.93. The standard InChI is InChI=1S/C27H31Cl2IN2O7/c1-3-24(35)32(13-15-4-5-18(28)19(29)8-15)21-11-17(27(37)31-6-7-33)12-22(25(21)36)39-26-20(30)9-16(14-34)10-23(26)38-2/h4-5,8-10,12,21-22,25,33-34,36H,3,6-7,11,13-14H2,1-2H3,(H,31,37)/t21-,22+,25+/m1/s1. The van der Waals surface area contributed by atoms with Crippen LogP contribution < -0.4 is 14.8 Å². The summed E-state index contributed by atoms with van der Waals surface area (Å²) < 4.78 is 12.3. The molecule has 3 rings (SSSR count). The Balaban J connectivity index is 2.03. The van der Waals surface area contributed by atoms with E-state index < -0.39 is 24.2 Å². The van der Waals surface area contributed by atoms with Crippen LogP contribution in [0.25, 0.3) is 0 Å². The highest BCUT2D eigenvalue weighted by Crippen LogP contribution is 2.37. The van der Waals surface area contributed by atoms with Crippen LogP contribution in [-0.4, -0.2) is 70.5 Å². The normalized spacial score (nSPS) is 18.8. The Morgan fingerprint density at radius 2 is 1.90 bits per heavy atom. The second-order valence-corrected chi connectivity index (χ2v) is 10.9. The molecule has 0 saturated heterocycles. The third kappa shape index (κ3) is 7.77. The van der Waals surface area contributed by atoms with Crippen LogP contribution in [0.3, 0.4) is 0 Å². The van der Waals surface area contributed by atoms with Gasteiger partial charge >= 0.3 is 0 Å². The lowest BCUT2D eigenvalue weighted by Crippen LogP contribution is -2.54. The maximum absolute atomic E-state index is 13.2. The second kappa shape index (κ2) is 14.5. The molecule has 0 unspecified atom stereocenters. The molecule has 39 heavy (non-hydrogen) atoms. The lowest BCUT2D eigenvalue weighted by molar-refractivity contribution is -0.139. The molecule has 0 radical (unpaired) electrons. The summed E-state index contributed by atoms with van der Waals surface area (Å²) in [6.07, 6.45) is -0.488. The van der Waals surface area contributed by atoms with Crippen LogP contribution in [0, 0.1) is 3.57 Å². The molecule has 0 heterocycles. The molecular formula is C27H31Cl2IN2O7. The van der Waals surface area contributed by atoms with Crippen LogP contribution >= 0.6 is 45.8 Å². The molecular weight excluding hydrogens is 662 g/mol. The van der Waals surface area contributed by atoms with E-state index in [-0.39, 0.29) is 45.1 Å². The summed E-state index contributed by atoms with van der Waals surface area (Å²) in [5, 5.41) is 33.6. The second-order valence-electron chi connectivity index (χ2n) is 8.91. The van der Waals surface area contributed by atoms with E-state index >= 15 is 0 Å². The molecule has 2 amide bonds. The van der Waals surface area contributed by atoms with Gasteiger partial charge < -0.3 is 35.0 Å². The molecule has 0 saturated carbocycles. The van der Waals surface area contributed by atoms with E-state index in [1.165, 1.54) is 18.1 Å². The predicted octanol–water partition coefficient (Wildman–Crippen LogP) is 3.45. The minimum absolute atomic E-state index is 0.0458. The van der Waals surface area contributed by atoms with Gasteiger partial charge in [0.05, 0.1) is 40.0 Å². The highest BCUT2D eigenvalue weighted by atomic mass is 127. The topological polar surface area (TPSA) is 129 Å². The number of aliphatic hydroxyl groups is 3. The van der Waals surface area contributed by atoms with Gasteiger partial charge in [0.1, 0.15) is 12.2 Å². The molecule has 0 aliphatic heterocycles. The highest BCUT2D eigenvalue weighted by Gasteiger charge is 2.40. The number of hydrogen-bond donors (Lipinski definition) is 4. The summed E-state index contributed by atoms with van der Waals surface area (Å²) in [5.41, 5.74) is 1.62. The van der Waals surface area contributed by atoms with Crippen LogP contribution in [0.2, 0.25) is 10.0 Å². The lowest BCUT2D eigenvalue weighted by atomic mass is 9.87. The number of aliphatic hydroxyl groups excluding tert-OH is 3. The van der Waals surface area contributed by atoms with E-state index in [0.717, 1.165) is 0 Å². The van der Waals surface area contributed by atoms with Crippen molar-refractivity contribution in [3.05, 3.63) is 66.7 Å². The SMILES string of the molecule is CCC(=O)N(Cc1ccc(Cl)c(Cl)c1)[C@@H]1CC(C(=O)NCCO)=C[C@H](Oc2c(I)cc(CO)cc2OC)[C@H]1O. The highest BCUT2D eigenvalue weighted by molar-refractivity contribution is 14.1. The molecule has 1 aliphatic carbocycles. The zero-order valence-electron chi connectivity index (χ0n) is 21.5. The fourth-order valence-electron chi connectivity index (χ4n) is 4.32. The fraction of sp³-hybridized carbons (Fsp3) is 0.407. The monoisotopic (exact) mass is 692 g/mol. The number of carbonyl (C=O) groups excluding carboxylic acids is 2. The van der Waals surface area contributed by atoms with E-state index in [1.54, 1.807) is 37.3 Å². The first-order chi connectivity index (χ1) is 18.6. The number of benzene rings is 2. The van der Waals surface area contributed by atoms with Gasteiger partial charge in [-0.05, 0) is 64.1 Å². The molecule has 2 aromatic carbocycles. The zero-order chi connectivity index (χ0) is 28.7.